The van der Waals surface area contributed by atoms with E-state index in [0.29, 0.717) is 6.04 Å². The van der Waals surface area contributed by atoms with Crippen LogP contribution in [0, 0.1) is 0 Å². The van der Waals surface area contributed by atoms with E-state index in [0.717, 1.165) is 12.8 Å². The monoisotopic (exact) mass is 240 g/mol. The molecule has 94 valence electrons. The van der Waals surface area contributed by atoms with E-state index < -0.39 is 0 Å². The third-order valence-corrected chi connectivity index (χ3v) is 3.31. The highest BCUT2D eigenvalue weighted by Gasteiger charge is 2.09. The summed E-state index contributed by atoms with van der Waals surface area (Å²) >= 11 is 0. The van der Waals surface area contributed by atoms with E-state index in [1.807, 2.05) is 25.5 Å². The van der Waals surface area contributed by atoms with Gasteiger partial charge in [-0.3, -0.25) is 4.98 Å². The summed E-state index contributed by atoms with van der Waals surface area (Å²) in [6.07, 6.45) is 5.83. The molecule has 0 saturated heterocycles. The Hall–Kier alpha value is -1.67. The highest BCUT2D eigenvalue weighted by atomic mass is 14.9. The molecular weight excluding hydrogens is 220 g/mol. The van der Waals surface area contributed by atoms with Gasteiger partial charge in [0.25, 0.3) is 0 Å². The zero-order valence-corrected chi connectivity index (χ0v) is 11.1. The molecular formula is C16H20N2. The van der Waals surface area contributed by atoms with Gasteiger partial charge >= 0.3 is 0 Å². The molecule has 1 aromatic heterocycles. The minimum Gasteiger partial charge on any atom is -0.313 e. The Morgan fingerprint density at radius 1 is 1.11 bits per heavy atom. The van der Waals surface area contributed by atoms with Crippen LogP contribution in [-0.4, -0.2) is 12.0 Å². The van der Waals surface area contributed by atoms with Crippen LogP contribution in [0.25, 0.3) is 0 Å². The quantitative estimate of drug-likeness (QED) is 0.868. The van der Waals surface area contributed by atoms with Gasteiger partial charge in [-0.15, -0.1) is 0 Å². The summed E-state index contributed by atoms with van der Waals surface area (Å²) in [5.41, 5.74) is 3.98. The van der Waals surface area contributed by atoms with Gasteiger partial charge in [0.2, 0.25) is 0 Å². The van der Waals surface area contributed by atoms with E-state index in [9.17, 15) is 0 Å². The third-order valence-electron chi connectivity index (χ3n) is 3.31. The van der Waals surface area contributed by atoms with Crippen molar-refractivity contribution in [2.75, 3.05) is 7.05 Å². The number of pyridine rings is 1. The van der Waals surface area contributed by atoms with E-state index in [2.05, 4.69) is 47.6 Å². The molecule has 0 aliphatic heterocycles. The van der Waals surface area contributed by atoms with Crippen molar-refractivity contribution < 1.29 is 0 Å². The van der Waals surface area contributed by atoms with Crippen molar-refractivity contribution in [1.29, 1.82) is 0 Å². The number of benzene rings is 1. The summed E-state index contributed by atoms with van der Waals surface area (Å²) in [5, 5.41) is 3.36. The van der Waals surface area contributed by atoms with Crippen LogP contribution < -0.4 is 5.32 Å². The number of nitrogens with zero attached hydrogens (tertiary/aromatic N) is 1. The zero-order chi connectivity index (χ0) is 12.8. The van der Waals surface area contributed by atoms with Crippen molar-refractivity contribution in [3.8, 4) is 0 Å². The maximum absolute atomic E-state index is 4.18. The Morgan fingerprint density at radius 3 is 2.39 bits per heavy atom. The van der Waals surface area contributed by atoms with E-state index >= 15 is 0 Å². The average Bonchev–Trinajstić information content (AvgIpc) is 2.46. The number of aryl methyl sites for hydroxylation is 1. The molecule has 0 amide bonds. The van der Waals surface area contributed by atoms with E-state index in [4.69, 9.17) is 0 Å². The molecule has 2 nitrogen and oxygen atoms in total. The molecule has 1 atom stereocenters. The summed E-state index contributed by atoms with van der Waals surface area (Å²) in [4.78, 5) is 4.18. The normalized spacial score (nSPS) is 12.3. The lowest BCUT2D eigenvalue weighted by atomic mass is 9.99. The van der Waals surface area contributed by atoms with Crippen molar-refractivity contribution in [2.45, 2.75) is 25.8 Å². The lowest BCUT2D eigenvalue weighted by Crippen LogP contribution is -2.18. The first-order valence-electron chi connectivity index (χ1n) is 6.48. The second-order valence-electron chi connectivity index (χ2n) is 4.50. The topological polar surface area (TPSA) is 24.9 Å². The van der Waals surface area contributed by atoms with Crippen LogP contribution in [-0.2, 0) is 12.8 Å². The zero-order valence-electron chi connectivity index (χ0n) is 11.1. The molecule has 0 radical (unpaired) electrons. The number of hydrogen-bond donors (Lipinski definition) is 1. The van der Waals surface area contributed by atoms with Crippen LogP contribution in [0.5, 0.6) is 0 Å². The highest BCUT2D eigenvalue weighted by molar-refractivity contribution is 5.25. The molecule has 1 unspecified atom stereocenters. The van der Waals surface area contributed by atoms with Gasteiger partial charge in [0.05, 0.1) is 0 Å². The van der Waals surface area contributed by atoms with Crippen LogP contribution in [0.15, 0.2) is 48.8 Å². The summed E-state index contributed by atoms with van der Waals surface area (Å²) in [7, 11) is 2.00. The molecule has 0 fully saturated rings. The maximum atomic E-state index is 4.18. The fourth-order valence-corrected chi connectivity index (χ4v) is 2.12. The molecule has 0 aliphatic carbocycles. The molecule has 0 aliphatic rings. The van der Waals surface area contributed by atoms with Crippen LogP contribution in [0.3, 0.4) is 0 Å². The smallest absolute Gasteiger partial charge is 0.0373 e. The minimum atomic E-state index is 0.325. The number of nitrogens with one attached hydrogen (secondary N) is 1. The average molecular weight is 240 g/mol. The molecule has 0 saturated carbocycles. The van der Waals surface area contributed by atoms with Gasteiger partial charge < -0.3 is 5.32 Å². The number of hydrogen-bond acceptors (Lipinski definition) is 2. The van der Waals surface area contributed by atoms with Gasteiger partial charge in [-0.1, -0.05) is 37.3 Å². The van der Waals surface area contributed by atoms with Gasteiger partial charge in [-0.25, -0.2) is 0 Å². The van der Waals surface area contributed by atoms with Crippen LogP contribution in [0.1, 0.15) is 29.7 Å². The molecule has 2 heteroatoms. The standard InChI is InChI=1S/C16H20N2/c1-3-13-6-8-14(9-7-13)11-16(17-2)15-5-4-10-18-12-15/h4-10,12,16-17H,3,11H2,1-2H3. The minimum absolute atomic E-state index is 0.325. The Morgan fingerprint density at radius 2 is 1.83 bits per heavy atom. The van der Waals surface area contributed by atoms with Crippen LogP contribution in [0.2, 0.25) is 0 Å². The highest BCUT2D eigenvalue weighted by Crippen LogP contribution is 2.17. The predicted octanol–water partition coefficient (Wildman–Crippen LogP) is 3.15. The first-order chi connectivity index (χ1) is 8.83. The van der Waals surface area contributed by atoms with Crippen molar-refractivity contribution in [3.05, 3.63) is 65.5 Å². The third kappa shape index (κ3) is 3.17. The predicted molar refractivity (Wildman–Crippen MR) is 75.6 cm³/mol. The molecule has 1 N–H and O–H groups in total. The molecule has 18 heavy (non-hydrogen) atoms. The van der Waals surface area contributed by atoms with Gasteiger partial charge in [0.1, 0.15) is 0 Å². The van der Waals surface area contributed by atoms with Gasteiger partial charge in [0, 0.05) is 18.4 Å². The Kier molecular flexibility index (Phi) is 4.48. The second kappa shape index (κ2) is 6.31. The fourth-order valence-electron chi connectivity index (χ4n) is 2.12. The summed E-state index contributed by atoms with van der Waals surface area (Å²) in [5.74, 6) is 0. The van der Waals surface area contributed by atoms with E-state index in [1.165, 1.54) is 16.7 Å². The summed E-state index contributed by atoms with van der Waals surface area (Å²) in [6.45, 7) is 2.18. The number of rotatable bonds is 5. The molecule has 2 aromatic rings. The van der Waals surface area contributed by atoms with Gasteiger partial charge in [0.15, 0.2) is 0 Å². The van der Waals surface area contributed by atoms with E-state index in [-0.39, 0.29) is 0 Å². The maximum Gasteiger partial charge on any atom is 0.0373 e. The molecule has 1 aromatic carbocycles. The molecule has 0 bridgehead atoms. The molecule has 0 spiro atoms. The van der Waals surface area contributed by atoms with Gasteiger partial charge in [-0.2, -0.15) is 0 Å². The van der Waals surface area contributed by atoms with E-state index in [1.54, 1.807) is 0 Å². The Bertz CT molecular complexity index is 462. The summed E-state index contributed by atoms with van der Waals surface area (Å²) < 4.78 is 0. The Balaban J connectivity index is 2.10. The lowest BCUT2D eigenvalue weighted by Gasteiger charge is -2.16. The second-order valence-corrected chi connectivity index (χ2v) is 4.50. The van der Waals surface area contributed by atoms with Crippen LogP contribution in [0.4, 0.5) is 0 Å². The first kappa shape index (κ1) is 12.8. The van der Waals surface area contributed by atoms with Gasteiger partial charge in [-0.05, 0) is 42.6 Å². The molecule has 1 heterocycles. The number of aromatic nitrogens is 1. The summed E-state index contributed by atoms with van der Waals surface area (Å²) in [6, 6.07) is 13.3. The van der Waals surface area contributed by atoms with Crippen molar-refractivity contribution in [1.82, 2.24) is 10.3 Å². The van der Waals surface area contributed by atoms with Crippen molar-refractivity contribution >= 4 is 0 Å². The van der Waals surface area contributed by atoms with Crippen LogP contribution >= 0.6 is 0 Å². The first-order valence-corrected chi connectivity index (χ1v) is 6.48. The fraction of sp³-hybridized carbons (Fsp3) is 0.312. The molecule has 2 rings (SSSR count). The van der Waals surface area contributed by atoms with Crippen molar-refractivity contribution in [2.24, 2.45) is 0 Å². The number of likely N-dealkylation sites (N-methyl/N-ethyl adjacent to an activating group) is 1. The SMILES string of the molecule is CCc1ccc(CC(NC)c2cccnc2)cc1. The largest absolute Gasteiger partial charge is 0.313 e. The Labute approximate surface area is 109 Å². The lowest BCUT2D eigenvalue weighted by molar-refractivity contribution is 0.590. The van der Waals surface area contributed by atoms with Crippen molar-refractivity contribution in [3.63, 3.8) is 0 Å².